The molecule has 4 aliphatic carbocycles. The minimum absolute atomic E-state index is 0.00113. The Morgan fingerprint density at radius 1 is 1.17 bits per heavy atom. The van der Waals surface area contributed by atoms with Gasteiger partial charge in [0.05, 0.1) is 0 Å². The minimum atomic E-state index is -0.0479. The van der Waals surface area contributed by atoms with Crippen molar-refractivity contribution >= 4 is 11.7 Å². The third kappa shape index (κ3) is 2.51. The van der Waals surface area contributed by atoms with Gasteiger partial charge in [0, 0.05) is 24.8 Å². The third-order valence-electron chi connectivity index (χ3n) is 7.00. The Bertz CT molecular complexity index is 653. The van der Waals surface area contributed by atoms with E-state index in [-0.39, 0.29) is 17.7 Å². The van der Waals surface area contributed by atoms with Crippen molar-refractivity contribution < 1.29 is 9.59 Å². The first-order valence-electron chi connectivity index (χ1n) is 9.34. The highest BCUT2D eigenvalue weighted by molar-refractivity contribution is 5.99. The fourth-order valence-electron chi connectivity index (χ4n) is 6.11. The van der Waals surface area contributed by atoms with Crippen LogP contribution in [0.2, 0.25) is 0 Å². The van der Waals surface area contributed by atoms with Crippen LogP contribution in [-0.2, 0) is 7.05 Å². The summed E-state index contributed by atoms with van der Waals surface area (Å²) in [5, 5.41) is 3.28. The highest BCUT2D eigenvalue weighted by atomic mass is 16.2. The molecular weight excluding hydrogens is 300 g/mol. The van der Waals surface area contributed by atoms with Gasteiger partial charge in [-0.3, -0.25) is 9.59 Å². The van der Waals surface area contributed by atoms with Crippen LogP contribution in [0.25, 0.3) is 0 Å². The van der Waals surface area contributed by atoms with Crippen molar-refractivity contribution in [2.45, 2.75) is 58.4 Å². The Hall–Kier alpha value is -1.58. The molecule has 1 aromatic rings. The van der Waals surface area contributed by atoms with Crippen LogP contribution >= 0.6 is 0 Å². The molecule has 4 aliphatic rings. The fraction of sp³-hybridized carbons (Fsp3) is 0.700. The SMILES string of the molecule is CC(=O)c1cc(C(=O)N[C@@H](C)C23CC4CC(CC(C4)C2)C3)n(C)c1. The summed E-state index contributed by atoms with van der Waals surface area (Å²) < 4.78 is 1.76. The van der Waals surface area contributed by atoms with Crippen LogP contribution in [0, 0.1) is 23.2 Å². The Morgan fingerprint density at radius 2 is 1.71 bits per heavy atom. The topological polar surface area (TPSA) is 51.1 Å². The fourth-order valence-corrected chi connectivity index (χ4v) is 6.11. The molecule has 0 aliphatic heterocycles. The summed E-state index contributed by atoms with van der Waals surface area (Å²) in [6.45, 7) is 3.73. The number of hydrogen-bond acceptors (Lipinski definition) is 2. The highest BCUT2D eigenvalue weighted by Crippen LogP contribution is 2.61. The number of nitrogens with zero attached hydrogens (tertiary/aromatic N) is 1. The zero-order valence-corrected chi connectivity index (χ0v) is 15.0. The van der Waals surface area contributed by atoms with Gasteiger partial charge in [0.25, 0.3) is 5.91 Å². The van der Waals surface area contributed by atoms with Gasteiger partial charge in [-0.05, 0) is 81.6 Å². The van der Waals surface area contributed by atoms with E-state index in [1.54, 1.807) is 16.8 Å². The molecule has 0 aromatic carbocycles. The van der Waals surface area contributed by atoms with Crippen LogP contribution < -0.4 is 5.32 Å². The van der Waals surface area contributed by atoms with Gasteiger partial charge in [-0.15, -0.1) is 0 Å². The highest BCUT2D eigenvalue weighted by Gasteiger charge is 2.53. The first-order valence-corrected chi connectivity index (χ1v) is 9.34. The summed E-state index contributed by atoms with van der Waals surface area (Å²) in [6.07, 6.45) is 9.84. The molecule has 1 atom stereocenters. The quantitative estimate of drug-likeness (QED) is 0.859. The molecule has 0 unspecified atom stereocenters. The lowest BCUT2D eigenvalue weighted by Gasteiger charge is -2.59. The van der Waals surface area contributed by atoms with Gasteiger partial charge in [-0.25, -0.2) is 0 Å². The van der Waals surface area contributed by atoms with Crippen LogP contribution in [0.4, 0.5) is 0 Å². The standard InChI is InChI=1S/C20H28N2O2/c1-12(23)17-7-18(22(3)11-17)19(24)21-13(2)20-8-14-4-15(9-20)6-16(5-14)10-20/h7,11,13-16H,4-6,8-10H2,1-3H3,(H,21,24)/t13-,14?,15?,16?,20?/m0/s1. The zero-order chi connectivity index (χ0) is 17.1. The Balaban J connectivity index is 1.51. The van der Waals surface area contributed by atoms with Gasteiger partial charge < -0.3 is 9.88 Å². The summed E-state index contributed by atoms with van der Waals surface area (Å²) in [6, 6.07) is 1.92. The summed E-state index contributed by atoms with van der Waals surface area (Å²) in [4.78, 5) is 24.3. The van der Waals surface area contributed by atoms with Crippen LogP contribution in [-0.4, -0.2) is 22.3 Å². The molecule has 4 saturated carbocycles. The number of rotatable bonds is 4. The molecule has 5 rings (SSSR count). The van der Waals surface area contributed by atoms with Crippen molar-refractivity contribution in [1.29, 1.82) is 0 Å². The first kappa shape index (κ1) is 15.9. The van der Waals surface area contributed by atoms with Crippen LogP contribution in [0.1, 0.15) is 73.2 Å². The van der Waals surface area contributed by atoms with Gasteiger partial charge >= 0.3 is 0 Å². The van der Waals surface area contributed by atoms with Crippen molar-refractivity contribution in [1.82, 2.24) is 9.88 Å². The van der Waals surface area contributed by atoms with Crippen molar-refractivity contribution in [3.8, 4) is 0 Å². The maximum atomic E-state index is 12.8. The van der Waals surface area contributed by atoms with E-state index < -0.39 is 0 Å². The van der Waals surface area contributed by atoms with E-state index in [0.717, 1.165) is 17.8 Å². The number of nitrogens with one attached hydrogen (secondary N) is 1. The van der Waals surface area contributed by atoms with Gasteiger partial charge in [0.2, 0.25) is 0 Å². The Kier molecular flexibility index (Phi) is 3.63. The second-order valence-corrected chi connectivity index (χ2v) is 8.76. The van der Waals surface area contributed by atoms with Crippen LogP contribution in [0.5, 0.6) is 0 Å². The number of aryl methyl sites for hydroxylation is 1. The lowest BCUT2D eigenvalue weighted by atomic mass is 9.48. The molecule has 4 nitrogen and oxygen atoms in total. The molecule has 0 saturated heterocycles. The molecule has 0 spiro atoms. The number of hydrogen-bond donors (Lipinski definition) is 1. The minimum Gasteiger partial charge on any atom is -0.348 e. The maximum Gasteiger partial charge on any atom is 0.268 e. The van der Waals surface area contributed by atoms with Crippen LogP contribution in [0.3, 0.4) is 0 Å². The molecule has 130 valence electrons. The van der Waals surface area contributed by atoms with Crippen LogP contribution in [0.15, 0.2) is 12.3 Å². The van der Waals surface area contributed by atoms with E-state index in [4.69, 9.17) is 0 Å². The van der Waals surface area contributed by atoms with E-state index >= 15 is 0 Å². The van der Waals surface area contributed by atoms with Crippen molar-refractivity contribution in [3.05, 3.63) is 23.5 Å². The molecule has 4 bridgehead atoms. The van der Waals surface area contributed by atoms with E-state index in [9.17, 15) is 9.59 Å². The molecular formula is C20H28N2O2. The zero-order valence-electron chi connectivity index (χ0n) is 15.0. The molecule has 24 heavy (non-hydrogen) atoms. The number of carbonyl (C=O) groups excluding carboxylic acids is 2. The Labute approximate surface area is 144 Å². The van der Waals surface area contributed by atoms with E-state index in [2.05, 4.69) is 12.2 Å². The molecule has 4 fully saturated rings. The predicted molar refractivity (Wildman–Crippen MR) is 93.0 cm³/mol. The average molecular weight is 328 g/mol. The van der Waals surface area contributed by atoms with Crippen molar-refractivity contribution in [3.63, 3.8) is 0 Å². The lowest BCUT2D eigenvalue weighted by molar-refractivity contribution is -0.0688. The molecule has 4 heteroatoms. The Morgan fingerprint density at radius 3 is 2.17 bits per heavy atom. The third-order valence-corrected chi connectivity index (χ3v) is 7.00. The second-order valence-electron chi connectivity index (χ2n) is 8.76. The number of Topliss-reactive ketones (excluding diaryl/α,β-unsaturated/α-hetero) is 1. The molecule has 0 radical (unpaired) electrons. The predicted octanol–water partition coefficient (Wildman–Crippen LogP) is 3.56. The first-order chi connectivity index (χ1) is 11.4. The van der Waals surface area contributed by atoms with E-state index in [1.807, 2.05) is 7.05 Å². The smallest absolute Gasteiger partial charge is 0.268 e. The molecule has 1 amide bonds. The average Bonchev–Trinajstić information content (AvgIpc) is 2.88. The number of ketones is 1. The normalized spacial score (nSPS) is 35.0. The summed E-state index contributed by atoms with van der Waals surface area (Å²) in [7, 11) is 1.83. The lowest BCUT2D eigenvalue weighted by Crippen LogP contribution is -2.55. The largest absolute Gasteiger partial charge is 0.348 e. The van der Waals surface area contributed by atoms with Crippen molar-refractivity contribution in [2.24, 2.45) is 30.2 Å². The molecule has 1 N–H and O–H groups in total. The number of aromatic nitrogens is 1. The molecule has 1 heterocycles. The summed E-state index contributed by atoms with van der Waals surface area (Å²) in [5.74, 6) is 2.60. The molecule has 1 aromatic heterocycles. The summed E-state index contributed by atoms with van der Waals surface area (Å²) >= 11 is 0. The van der Waals surface area contributed by atoms with Gasteiger partial charge in [-0.2, -0.15) is 0 Å². The monoisotopic (exact) mass is 328 g/mol. The van der Waals surface area contributed by atoms with E-state index in [1.165, 1.54) is 45.4 Å². The van der Waals surface area contributed by atoms with E-state index in [0.29, 0.717) is 16.7 Å². The number of carbonyl (C=O) groups is 2. The van der Waals surface area contributed by atoms with Gasteiger partial charge in [0.15, 0.2) is 5.78 Å². The van der Waals surface area contributed by atoms with Gasteiger partial charge in [0.1, 0.15) is 5.69 Å². The maximum absolute atomic E-state index is 12.8. The van der Waals surface area contributed by atoms with Crippen molar-refractivity contribution in [2.75, 3.05) is 0 Å². The summed E-state index contributed by atoms with van der Waals surface area (Å²) in [5.41, 5.74) is 1.49. The second kappa shape index (κ2) is 5.47. The number of amides is 1. The van der Waals surface area contributed by atoms with Gasteiger partial charge in [-0.1, -0.05) is 0 Å².